The quantitative estimate of drug-likeness (QED) is 0.797. The van der Waals surface area contributed by atoms with Gasteiger partial charge in [-0.15, -0.1) is 0 Å². The van der Waals surface area contributed by atoms with E-state index < -0.39 is 17.4 Å². The standard InChI is InChI=1S/C9H9F3N4O/c1-15-5(4-13)2-8(17)16-7(15)3-6(14-16)9(10,11)12/h2-3H,4,13H2,1H3. The number of nitrogens with two attached hydrogens (primary N) is 1. The summed E-state index contributed by atoms with van der Waals surface area (Å²) in [6, 6.07) is 1.99. The topological polar surface area (TPSA) is 65.3 Å². The molecule has 0 spiro atoms. The summed E-state index contributed by atoms with van der Waals surface area (Å²) in [5.74, 6) is 0. The second-order valence-electron chi connectivity index (χ2n) is 3.53. The number of hydrogen-bond donors (Lipinski definition) is 1. The third-order valence-corrected chi connectivity index (χ3v) is 2.46. The Balaban J connectivity index is 2.81. The van der Waals surface area contributed by atoms with Gasteiger partial charge in [0, 0.05) is 31.4 Å². The van der Waals surface area contributed by atoms with E-state index in [9.17, 15) is 18.0 Å². The number of nitrogens with zero attached hydrogens (tertiary/aromatic N) is 3. The van der Waals surface area contributed by atoms with Gasteiger partial charge in [0.25, 0.3) is 5.56 Å². The number of aryl methyl sites for hydroxylation is 1. The summed E-state index contributed by atoms with van der Waals surface area (Å²) in [4.78, 5) is 11.5. The first-order valence-corrected chi connectivity index (χ1v) is 4.70. The largest absolute Gasteiger partial charge is 0.435 e. The van der Waals surface area contributed by atoms with Crippen molar-refractivity contribution in [1.29, 1.82) is 0 Å². The summed E-state index contributed by atoms with van der Waals surface area (Å²) >= 11 is 0. The molecule has 0 saturated heterocycles. The summed E-state index contributed by atoms with van der Waals surface area (Å²) in [5.41, 5.74) is 4.16. The Bertz CT molecular complexity index is 625. The van der Waals surface area contributed by atoms with Gasteiger partial charge in [0.1, 0.15) is 5.65 Å². The second kappa shape index (κ2) is 3.59. The van der Waals surface area contributed by atoms with Gasteiger partial charge in [-0.1, -0.05) is 0 Å². The van der Waals surface area contributed by atoms with Crippen molar-refractivity contribution in [3.8, 4) is 0 Å². The Morgan fingerprint density at radius 1 is 1.41 bits per heavy atom. The zero-order valence-electron chi connectivity index (χ0n) is 8.82. The molecule has 0 aliphatic carbocycles. The van der Waals surface area contributed by atoms with Crippen LogP contribution in [0.2, 0.25) is 0 Å². The molecule has 0 radical (unpaired) electrons. The zero-order valence-corrected chi connectivity index (χ0v) is 8.82. The van der Waals surface area contributed by atoms with Crippen LogP contribution in [0, 0.1) is 0 Å². The highest BCUT2D eigenvalue weighted by Gasteiger charge is 2.34. The lowest BCUT2D eigenvalue weighted by atomic mass is 10.3. The van der Waals surface area contributed by atoms with Gasteiger partial charge in [-0.2, -0.15) is 22.8 Å². The normalized spacial score (nSPS) is 12.3. The first-order valence-electron chi connectivity index (χ1n) is 4.70. The molecule has 0 aromatic carbocycles. The van der Waals surface area contributed by atoms with Crippen LogP contribution in [0.25, 0.3) is 5.65 Å². The van der Waals surface area contributed by atoms with E-state index in [1.54, 1.807) is 0 Å². The van der Waals surface area contributed by atoms with Gasteiger partial charge >= 0.3 is 6.18 Å². The van der Waals surface area contributed by atoms with E-state index >= 15 is 0 Å². The summed E-state index contributed by atoms with van der Waals surface area (Å²) in [5, 5.41) is 3.24. The molecule has 2 aromatic heterocycles. The average molecular weight is 246 g/mol. The van der Waals surface area contributed by atoms with E-state index in [2.05, 4.69) is 5.10 Å². The van der Waals surface area contributed by atoms with E-state index in [-0.39, 0.29) is 12.2 Å². The van der Waals surface area contributed by atoms with Crippen molar-refractivity contribution in [2.24, 2.45) is 12.8 Å². The van der Waals surface area contributed by atoms with Crippen LogP contribution >= 0.6 is 0 Å². The lowest BCUT2D eigenvalue weighted by Gasteiger charge is -2.07. The SMILES string of the molecule is Cn1c(CN)cc(=O)n2nc(C(F)(F)F)cc12. The van der Waals surface area contributed by atoms with Gasteiger partial charge in [-0.05, 0) is 0 Å². The van der Waals surface area contributed by atoms with Gasteiger partial charge in [-0.3, -0.25) is 4.79 Å². The molecular formula is C9H9F3N4O. The number of fused-ring (bicyclic) bond motifs is 1. The molecule has 0 bridgehead atoms. The lowest BCUT2D eigenvalue weighted by Crippen LogP contribution is -2.21. The highest BCUT2D eigenvalue weighted by molar-refractivity contribution is 5.42. The number of halogens is 3. The summed E-state index contributed by atoms with van der Waals surface area (Å²) < 4.78 is 39.5. The van der Waals surface area contributed by atoms with Crippen LogP contribution in [0.5, 0.6) is 0 Å². The number of hydrogen-bond acceptors (Lipinski definition) is 3. The number of aromatic nitrogens is 3. The second-order valence-corrected chi connectivity index (χ2v) is 3.53. The van der Waals surface area contributed by atoms with Crippen molar-refractivity contribution >= 4 is 5.65 Å². The summed E-state index contributed by atoms with van der Waals surface area (Å²) in [6.07, 6.45) is -4.58. The minimum atomic E-state index is -4.58. The highest BCUT2D eigenvalue weighted by atomic mass is 19.4. The van der Waals surface area contributed by atoms with Crippen molar-refractivity contribution < 1.29 is 13.2 Å². The van der Waals surface area contributed by atoms with E-state index in [4.69, 9.17) is 5.73 Å². The van der Waals surface area contributed by atoms with Crippen LogP contribution in [-0.2, 0) is 19.8 Å². The van der Waals surface area contributed by atoms with E-state index in [1.807, 2.05) is 0 Å². The van der Waals surface area contributed by atoms with Crippen LogP contribution in [-0.4, -0.2) is 14.2 Å². The Labute approximate surface area is 93.3 Å². The van der Waals surface area contributed by atoms with Gasteiger partial charge in [0.05, 0.1) is 0 Å². The fourth-order valence-electron chi connectivity index (χ4n) is 1.55. The summed E-state index contributed by atoms with van der Waals surface area (Å²) in [6.45, 7) is 0.0643. The zero-order chi connectivity index (χ0) is 12.8. The van der Waals surface area contributed by atoms with E-state index in [0.717, 1.165) is 6.07 Å². The highest BCUT2D eigenvalue weighted by Crippen LogP contribution is 2.28. The molecule has 8 heteroatoms. The molecule has 17 heavy (non-hydrogen) atoms. The first kappa shape index (κ1) is 11.6. The van der Waals surface area contributed by atoms with Crippen molar-refractivity contribution in [3.63, 3.8) is 0 Å². The smallest absolute Gasteiger partial charge is 0.331 e. The fraction of sp³-hybridized carbons (Fsp3) is 0.333. The van der Waals surface area contributed by atoms with Crippen LogP contribution in [0.3, 0.4) is 0 Å². The third-order valence-electron chi connectivity index (χ3n) is 2.46. The Kier molecular flexibility index (Phi) is 2.46. The number of rotatable bonds is 1. The Morgan fingerprint density at radius 3 is 2.59 bits per heavy atom. The van der Waals surface area contributed by atoms with Gasteiger partial charge in [0.2, 0.25) is 0 Å². The monoisotopic (exact) mass is 246 g/mol. The lowest BCUT2D eigenvalue weighted by molar-refractivity contribution is -0.141. The predicted octanol–water partition coefficient (Wildman–Crippen LogP) is 0.511. The Morgan fingerprint density at radius 2 is 2.06 bits per heavy atom. The Hall–Kier alpha value is -1.83. The molecule has 0 aliphatic rings. The molecule has 0 saturated carbocycles. The molecule has 5 nitrogen and oxygen atoms in total. The molecular weight excluding hydrogens is 237 g/mol. The minimum absolute atomic E-state index is 0.0604. The minimum Gasteiger partial charge on any atom is -0.331 e. The maximum atomic E-state index is 12.5. The van der Waals surface area contributed by atoms with Crippen LogP contribution in [0.4, 0.5) is 13.2 Å². The van der Waals surface area contributed by atoms with Gasteiger partial charge in [0.15, 0.2) is 5.69 Å². The molecule has 0 aliphatic heterocycles. The molecule has 2 heterocycles. The fourth-order valence-corrected chi connectivity index (χ4v) is 1.55. The van der Waals surface area contributed by atoms with Crippen molar-refractivity contribution in [2.45, 2.75) is 12.7 Å². The molecule has 2 N–H and O–H groups in total. The van der Waals surface area contributed by atoms with Crippen molar-refractivity contribution in [2.75, 3.05) is 0 Å². The van der Waals surface area contributed by atoms with E-state index in [0.29, 0.717) is 10.2 Å². The summed E-state index contributed by atoms with van der Waals surface area (Å²) in [7, 11) is 1.53. The maximum Gasteiger partial charge on any atom is 0.435 e. The van der Waals surface area contributed by atoms with Crippen LogP contribution in [0.15, 0.2) is 16.9 Å². The van der Waals surface area contributed by atoms with Gasteiger partial charge < -0.3 is 10.3 Å². The molecule has 2 aromatic rings. The molecule has 2 rings (SSSR count). The molecule has 0 unspecified atom stereocenters. The van der Waals surface area contributed by atoms with Crippen molar-refractivity contribution in [3.05, 3.63) is 33.9 Å². The third kappa shape index (κ3) is 1.80. The van der Waals surface area contributed by atoms with Crippen LogP contribution in [0.1, 0.15) is 11.4 Å². The maximum absolute atomic E-state index is 12.5. The predicted molar refractivity (Wildman–Crippen MR) is 53.3 cm³/mol. The first-order chi connectivity index (χ1) is 7.84. The van der Waals surface area contributed by atoms with Crippen molar-refractivity contribution in [1.82, 2.24) is 14.2 Å². The number of alkyl halides is 3. The molecule has 0 amide bonds. The molecule has 92 valence electrons. The molecule has 0 fully saturated rings. The van der Waals surface area contributed by atoms with E-state index in [1.165, 1.54) is 17.7 Å². The average Bonchev–Trinajstić information content (AvgIpc) is 2.68. The van der Waals surface area contributed by atoms with Crippen LogP contribution < -0.4 is 11.3 Å². The van der Waals surface area contributed by atoms with Gasteiger partial charge in [-0.25, -0.2) is 0 Å². The molecule has 0 atom stereocenters.